The number of carbonyl (C=O) groups is 2. The van der Waals surface area contributed by atoms with Crippen molar-refractivity contribution in [2.45, 2.75) is 40.2 Å². The van der Waals surface area contributed by atoms with Crippen molar-refractivity contribution >= 4 is 11.9 Å². The summed E-state index contributed by atoms with van der Waals surface area (Å²) < 4.78 is 5.56. The van der Waals surface area contributed by atoms with Crippen molar-refractivity contribution in [3.63, 3.8) is 0 Å². The molecule has 0 saturated heterocycles. The van der Waals surface area contributed by atoms with Crippen LogP contribution in [-0.2, 0) is 9.59 Å². The maximum absolute atomic E-state index is 11.9. The lowest BCUT2D eigenvalue weighted by molar-refractivity contribution is -0.138. The Morgan fingerprint density at radius 1 is 1.24 bits per heavy atom. The van der Waals surface area contributed by atoms with Gasteiger partial charge in [-0.1, -0.05) is 32.0 Å². The van der Waals surface area contributed by atoms with Crippen LogP contribution in [0, 0.1) is 19.8 Å². The topological polar surface area (TPSA) is 75.6 Å². The zero-order chi connectivity index (χ0) is 16.0. The number of nitrogens with one attached hydrogen (secondary N) is 1. The lowest BCUT2D eigenvalue weighted by Gasteiger charge is -2.21. The fourth-order valence-corrected chi connectivity index (χ4v) is 2.05. The van der Waals surface area contributed by atoms with Gasteiger partial charge in [-0.3, -0.25) is 9.59 Å². The van der Waals surface area contributed by atoms with Gasteiger partial charge in [0.2, 0.25) is 0 Å². The maximum Gasteiger partial charge on any atom is 0.305 e. The third-order valence-electron chi connectivity index (χ3n) is 3.30. The van der Waals surface area contributed by atoms with Gasteiger partial charge in [0.05, 0.1) is 6.42 Å². The summed E-state index contributed by atoms with van der Waals surface area (Å²) in [4.78, 5) is 22.7. The van der Waals surface area contributed by atoms with Crippen LogP contribution in [0.15, 0.2) is 18.2 Å². The first-order chi connectivity index (χ1) is 9.81. The van der Waals surface area contributed by atoms with Crippen LogP contribution in [0.25, 0.3) is 0 Å². The summed E-state index contributed by atoms with van der Waals surface area (Å²) >= 11 is 0. The molecule has 1 atom stereocenters. The highest BCUT2D eigenvalue weighted by Gasteiger charge is 2.19. The average Bonchev–Trinajstić information content (AvgIpc) is 2.36. The van der Waals surface area contributed by atoms with Crippen molar-refractivity contribution < 1.29 is 19.4 Å². The maximum atomic E-state index is 11.9. The molecule has 0 aliphatic rings. The summed E-state index contributed by atoms with van der Waals surface area (Å²) in [6.07, 6.45) is -0.0905. The second kappa shape index (κ2) is 7.67. The smallest absolute Gasteiger partial charge is 0.305 e. The van der Waals surface area contributed by atoms with Gasteiger partial charge in [0.15, 0.2) is 6.61 Å². The van der Waals surface area contributed by atoms with E-state index in [1.54, 1.807) is 0 Å². The molecule has 1 unspecified atom stereocenters. The number of carbonyl (C=O) groups excluding carboxylic acids is 1. The molecule has 1 aromatic rings. The van der Waals surface area contributed by atoms with Gasteiger partial charge in [0, 0.05) is 6.04 Å². The van der Waals surface area contributed by atoms with E-state index in [0.717, 1.165) is 11.1 Å². The Balaban J connectivity index is 2.59. The van der Waals surface area contributed by atoms with Crippen LogP contribution in [0.5, 0.6) is 5.75 Å². The molecule has 5 heteroatoms. The Bertz CT molecular complexity index is 491. The SMILES string of the molecule is Cc1cccc(C)c1OCC(=O)NC(CC(=O)O)C(C)C. The van der Waals surface area contributed by atoms with Crippen LogP contribution >= 0.6 is 0 Å². The summed E-state index contributed by atoms with van der Waals surface area (Å²) in [5.41, 5.74) is 1.93. The zero-order valence-electron chi connectivity index (χ0n) is 13.0. The summed E-state index contributed by atoms with van der Waals surface area (Å²) in [5.74, 6) is -0.487. The lowest BCUT2D eigenvalue weighted by atomic mass is 10.0. The minimum Gasteiger partial charge on any atom is -0.483 e. The third kappa shape index (κ3) is 5.45. The number of benzene rings is 1. The Morgan fingerprint density at radius 2 is 1.81 bits per heavy atom. The number of aryl methyl sites for hydroxylation is 2. The molecule has 0 aliphatic heterocycles. The number of hydrogen-bond acceptors (Lipinski definition) is 3. The fourth-order valence-electron chi connectivity index (χ4n) is 2.05. The lowest BCUT2D eigenvalue weighted by Crippen LogP contribution is -2.42. The second-order valence-electron chi connectivity index (χ2n) is 5.53. The van der Waals surface area contributed by atoms with Crippen molar-refractivity contribution in [3.8, 4) is 5.75 Å². The highest BCUT2D eigenvalue weighted by Crippen LogP contribution is 2.22. The van der Waals surface area contributed by atoms with Crippen LogP contribution in [0.3, 0.4) is 0 Å². The number of carboxylic acids is 1. The Kier molecular flexibility index (Phi) is 6.21. The van der Waals surface area contributed by atoms with Gasteiger partial charge in [-0.15, -0.1) is 0 Å². The number of rotatable bonds is 7. The normalized spacial score (nSPS) is 12.0. The van der Waals surface area contributed by atoms with E-state index in [-0.39, 0.29) is 24.9 Å². The average molecular weight is 293 g/mol. The van der Waals surface area contributed by atoms with Gasteiger partial charge in [0.25, 0.3) is 5.91 Å². The van der Waals surface area contributed by atoms with E-state index in [1.807, 2.05) is 45.9 Å². The molecule has 21 heavy (non-hydrogen) atoms. The largest absolute Gasteiger partial charge is 0.483 e. The summed E-state index contributed by atoms with van der Waals surface area (Å²) in [6, 6.07) is 5.37. The number of ether oxygens (including phenoxy) is 1. The van der Waals surface area contributed by atoms with Crippen molar-refractivity contribution in [2.24, 2.45) is 5.92 Å². The molecule has 1 aromatic carbocycles. The van der Waals surface area contributed by atoms with Gasteiger partial charge in [-0.25, -0.2) is 0 Å². The summed E-state index contributed by atoms with van der Waals surface area (Å²) in [6.45, 7) is 7.47. The van der Waals surface area contributed by atoms with Crippen molar-refractivity contribution in [1.29, 1.82) is 0 Å². The van der Waals surface area contributed by atoms with E-state index < -0.39 is 12.0 Å². The molecule has 0 aliphatic carbocycles. The van der Waals surface area contributed by atoms with Gasteiger partial charge >= 0.3 is 5.97 Å². The second-order valence-corrected chi connectivity index (χ2v) is 5.53. The predicted molar refractivity (Wildman–Crippen MR) is 80.4 cm³/mol. The quantitative estimate of drug-likeness (QED) is 0.809. The highest BCUT2D eigenvalue weighted by molar-refractivity contribution is 5.79. The van der Waals surface area contributed by atoms with Gasteiger partial charge in [0.1, 0.15) is 5.75 Å². The zero-order valence-corrected chi connectivity index (χ0v) is 13.0. The van der Waals surface area contributed by atoms with Gasteiger partial charge < -0.3 is 15.2 Å². The Morgan fingerprint density at radius 3 is 2.29 bits per heavy atom. The predicted octanol–water partition coefficient (Wildman–Crippen LogP) is 2.30. The van der Waals surface area contributed by atoms with E-state index >= 15 is 0 Å². The first-order valence-corrected chi connectivity index (χ1v) is 7.01. The number of aliphatic carboxylic acids is 1. The molecule has 0 heterocycles. The van der Waals surface area contributed by atoms with Gasteiger partial charge in [-0.05, 0) is 30.9 Å². The van der Waals surface area contributed by atoms with Crippen LogP contribution in [-0.4, -0.2) is 29.6 Å². The Hall–Kier alpha value is -2.04. The first-order valence-electron chi connectivity index (χ1n) is 7.01. The molecule has 0 saturated carbocycles. The van der Waals surface area contributed by atoms with Crippen LogP contribution in [0.1, 0.15) is 31.4 Å². The van der Waals surface area contributed by atoms with Crippen LogP contribution < -0.4 is 10.1 Å². The summed E-state index contributed by atoms with van der Waals surface area (Å²) in [5, 5.41) is 11.6. The number of para-hydroxylation sites is 1. The number of amides is 1. The number of carboxylic acid groups (broad SMARTS) is 1. The molecule has 0 radical (unpaired) electrons. The Labute approximate surface area is 125 Å². The van der Waals surface area contributed by atoms with Crippen molar-refractivity contribution in [3.05, 3.63) is 29.3 Å². The van der Waals surface area contributed by atoms with E-state index in [2.05, 4.69) is 5.32 Å². The van der Waals surface area contributed by atoms with Crippen molar-refractivity contribution in [2.75, 3.05) is 6.61 Å². The monoisotopic (exact) mass is 293 g/mol. The minimum atomic E-state index is -0.926. The molecule has 0 aromatic heterocycles. The highest BCUT2D eigenvalue weighted by atomic mass is 16.5. The third-order valence-corrected chi connectivity index (χ3v) is 3.30. The van der Waals surface area contributed by atoms with E-state index in [0.29, 0.717) is 5.75 Å². The molecule has 2 N–H and O–H groups in total. The van der Waals surface area contributed by atoms with E-state index in [1.165, 1.54) is 0 Å². The van der Waals surface area contributed by atoms with Gasteiger partial charge in [-0.2, -0.15) is 0 Å². The minimum absolute atomic E-state index is 0.0465. The molecule has 116 valence electrons. The standard InChI is InChI=1S/C16H23NO4/c1-10(2)13(8-15(19)20)17-14(18)9-21-16-11(3)6-5-7-12(16)4/h5-7,10,13H,8-9H2,1-4H3,(H,17,18)(H,19,20). The fraction of sp³-hybridized carbons (Fsp3) is 0.500. The first kappa shape index (κ1) is 17.0. The molecule has 1 rings (SSSR count). The molecule has 0 spiro atoms. The molecule has 0 fully saturated rings. The van der Waals surface area contributed by atoms with Crippen LogP contribution in [0.2, 0.25) is 0 Å². The van der Waals surface area contributed by atoms with Crippen LogP contribution in [0.4, 0.5) is 0 Å². The molecular weight excluding hydrogens is 270 g/mol. The molecule has 0 bridgehead atoms. The van der Waals surface area contributed by atoms with Crippen molar-refractivity contribution in [1.82, 2.24) is 5.32 Å². The summed E-state index contributed by atoms with van der Waals surface area (Å²) in [7, 11) is 0. The molecule has 5 nitrogen and oxygen atoms in total. The molecular formula is C16H23NO4. The van der Waals surface area contributed by atoms with E-state index in [4.69, 9.17) is 9.84 Å². The van der Waals surface area contributed by atoms with E-state index in [9.17, 15) is 9.59 Å². The molecule has 1 amide bonds. The number of hydrogen-bond donors (Lipinski definition) is 2.